The average Bonchev–Trinajstić information content (AvgIpc) is 2.63. The molecule has 0 aromatic heterocycles. The molecule has 2 N–H and O–H groups in total. The first kappa shape index (κ1) is 13.6. The molecule has 0 spiro atoms. The molecule has 1 aromatic rings. The van der Waals surface area contributed by atoms with Crippen LogP contribution in [-0.2, 0) is 0 Å². The van der Waals surface area contributed by atoms with Gasteiger partial charge in [0, 0.05) is 12.6 Å². The van der Waals surface area contributed by atoms with Crippen LogP contribution in [0.15, 0.2) is 18.2 Å². The van der Waals surface area contributed by atoms with Gasteiger partial charge in [-0.15, -0.1) is 0 Å². The molecule has 2 rings (SSSR count). The maximum absolute atomic E-state index is 6.08. The average molecular weight is 246 g/mol. The molecule has 0 saturated carbocycles. The topological polar surface area (TPSA) is 29.3 Å². The van der Waals surface area contributed by atoms with Gasteiger partial charge in [0.15, 0.2) is 0 Å². The molecule has 2 nitrogen and oxygen atoms in total. The Hall–Kier alpha value is -0.860. The molecule has 1 aliphatic rings. The van der Waals surface area contributed by atoms with Crippen LogP contribution in [0.1, 0.15) is 48.4 Å². The van der Waals surface area contributed by atoms with Crippen LogP contribution in [0.2, 0.25) is 0 Å². The summed E-state index contributed by atoms with van der Waals surface area (Å²) in [6.45, 7) is 7.56. The summed E-state index contributed by atoms with van der Waals surface area (Å²) >= 11 is 0. The third-order valence-corrected chi connectivity index (χ3v) is 4.18. The van der Waals surface area contributed by atoms with Gasteiger partial charge in [-0.2, -0.15) is 0 Å². The van der Waals surface area contributed by atoms with Gasteiger partial charge in [-0.25, -0.2) is 0 Å². The zero-order valence-electron chi connectivity index (χ0n) is 11.8. The van der Waals surface area contributed by atoms with Gasteiger partial charge in [0.05, 0.1) is 0 Å². The van der Waals surface area contributed by atoms with E-state index in [-0.39, 0.29) is 0 Å². The van der Waals surface area contributed by atoms with Crippen molar-refractivity contribution in [3.63, 3.8) is 0 Å². The van der Waals surface area contributed by atoms with E-state index in [9.17, 15) is 0 Å². The molecule has 1 heterocycles. The molecule has 18 heavy (non-hydrogen) atoms. The van der Waals surface area contributed by atoms with Crippen molar-refractivity contribution in [1.82, 2.24) is 4.90 Å². The monoisotopic (exact) mass is 246 g/mol. The quantitative estimate of drug-likeness (QED) is 0.887. The molecule has 0 bridgehead atoms. The number of hydrogen-bond donors (Lipinski definition) is 1. The Morgan fingerprint density at radius 2 is 1.61 bits per heavy atom. The number of aryl methyl sites for hydroxylation is 2. The molecule has 1 atom stereocenters. The predicted molar refractivity (Wildman–Crippen MR) is 77.8 cm³/mol. The van der Waals surface area contributed by atoms with Crippen LogP contribution >= 0.6 is 0 Å². The van der Waals surface area contributed by atoms with Crippen LogP contribution in [0.3, 0.4) is 0 Å². The van der Waals surface area contributed by atoms with Gasteiger partial charge in [-0.1, -0.05) is 31.0 Å². The van der Waals surface area contributed by atoms with Crippen molar-refractivity contribution in [3.8, 4) is 0 Å². The fraction of sp³-hybridized carbons (Fsp3) is 0.625. The van der Waals surface area contributed by atoms with Gasteiger partial charge in [0.25, 0.3) is 0 Å². The number of likely N-dealkylation sites (tertiary alicyclic amines) is 1. The van der Waals surface area contributed by atoms with E-state index in [1.165, 1.54) is 55.5 Å². The van der Waals surface area contributed by atoms with Crippen molar-refractivity contribution in [2.45, 2.75) is 45.6 Å². The lowest BCUT2D eigenvalue weighted by molar-refractivity contribution is 0.208. The lowest BCUT2D eigenvalue weighted by atomic mass is 9.95. The van der Waals surface area contributed by atoms with Crippen LogP contribution in [0.25, 0.3) is 0 Å². The molecule has 1 aliphatic heterocycles. The van der Waals surface area contributed by atoms with Crippen molar-refractivity contribution < 1.29 is 0 Å². The van der Waals surface area contributed by atoms with E-state index < -0.39 is 0 Å². The molecule has 0 aliphatic carbocycles. The minimum absolute atomic E-state index is 0.407. The fourth-order valence-corrected chi connectivity index (χ4v) is 3.21. The summed E-state index contributed by atoms with van der Waals surface area (Å²) in [5.41, 5.74) is 10.3. The molecule has 100 valence electrons. The third kappa shape index (κ3) is 2.93. The minimum atomic E-state index is 0.407. The lowest BCUT2D eigenvalue weighted by Crippen LogP contribution is -2.35. The van der Waals surface area contributed by atoms with Gasteiger partial charge in [0.2, 0.25) is 0 Å². The highest BCUT2D eigenvalue weighted by Gasteiger charge is 2.22. The molecule has 1 fully saturated rings. The van der Waals surface area contributed by atoms with Crippen molar-refractivity contribution in [2.24, 2.45) is 5.73 Å². The molecule has 2 heteroatoms. The maximum atomic E-state index is 6.08. The maximum Gasteiger partial charge on any atom is 0.0475 e. The summed E-state index contributed by atoms with van der Waals surface area (Å²) in [6.07, 6.45) is 5.39. The smallest absolute Gasteiger partial charge is 0.0475 e. The summed E-state index contributed by atoms with van der Waals surface area (Å²) in [4.78, 5) is 2.60. The minimum Gasteiger partial charge on any atom is -0.329 e. The molecule has 0 radical (unpaired) electrons. The molecule has 1 saturated heterocycles. The summed E-state index contributed by atoms with van der Waals surface area (Å²) in [5.74, 6) is 0. The summed E-state index contributed by atoms with van der Waals surface area (Å²) in [5, 5.41) is 0. The fourth-order valence-electron chi connectivity index (χ4n) is 3.21. The summed E-state index contributed by atoms with van der Waals surface area (Å²) in [6, 6.07) is 6.97. The van der Waals surface area contributed by atoms with Crippen LogP contribution in [0.5, 0.6) is 0 Å². The Labute approximate surface area is 111 Å². The van der Waals surface area contributed by atoms with Gasteiger partial charge in [-0.3, -0.25) is 4.90 Å². The van der Waals surface area contributed by atoms with Gasteiger partial charge in [0.1, 0.15) is 0 Å². The summed E-state index contributed by atoms with van der Waals surface area (Å²) in [7, 11) is 0. The molecule has 1 unspecified atom stereocenters. The van der Waals surface area contributed by atoms with E-state index in [1.807, 2.05) is 0 Å². The lowest BCUT2D eigenvalue weighted by Gasteiger charge is -2.32. The Bertz CT molecular complexity index is 358. The Kier molecular flexibility index (Phi) is 4.79. The van der Waals surface area contributed by atoms with Crippen molar-refractivity contribution in [2.75, 3.05) is 19.6 Å². The zero-order valence-corrected chi connectivity index (χ0v) is 11.8. The second-order valence-electron chi connectivity index (χ2n) is 5.51. The van der Waals surface area contributed by atoms with Gasteiger partial charge in [-0.05, 0) is 56.5 Å². The Morgan fingerprint density at radius 1 is 1.06 bits per heavy atom. The number of rotatable bonds is 3. The standard InChI is InChI=1S/C16H26N2/c1-13-8-7-9-14(2)16(13)15(12-17)18-10-5-3-4-6-11-18/h7-9,15H,3-6,10-12,17H2,1-2H3. The third-order valence-electron chi connectivity index (χ3n) is 4.18. The van der Waals surface area contributed by atoms with Crippen LogP contribution in [0.4, 0.5) is 0 Å². The zero-order chi connectivity index (χ0) is 13.0. The van der Waals surface area contributed by atoms with Crippen LogP contribution < -0.4 is 5.73 Å². The largest absolute Gasteiger partial charge is 0.329 e. The highest BCUT2D eigenvalue weighted by Crippen LogP contribution is 2.28. The van der Waals surface area contributed by atoms with E-state index in [4.69, 9.17) is 5.73 Å². The van der Waals surface area contributed by atoms with Crippen molar-refractivity contribution in [1.29, 1.82) is 0 Å². The van der Waals surface area contributed by atoms with E-state index in [0.29, 0.717) is 6.04 Å². The predicted octanol–water partition coefficient (Wildman–Crippen LogP) is 3.18. The first-order valence-corrected chi connectivity index (χ1v) is 7.24. The van der Waals surface area contributed by atoms with Crippen LogP contribution in [0, 0.1) is 13.8 Å². The Balaban J connectivity index is 2.26. The van der Waals surface area contributed by atoms with Gasteiger partial charge >= 0.3 is 0 Å². The number of hydrogen-bond acceptors (Lipinski definition) is 2. The molecule has 0 amide bonds. The second kappa shape index (κ2) is 6.35. The summed E-state index contributed by atoms with van der Waals surface area (Å²) < 4.78 is 0. The number of nitrogens with zero attached hydrogens (tertiary/aromatic N) is 1. The van der Waals surface area contributed by atoms with E-state index in [1.54, 1.807) is 0 Å². The Morgan fingerprint density at radius 3 is 2.11 bits per heavy atom. The highest BCUT2D eigenvalue weighted by molar-refractivity contribution is 5.36. The highest BCUT2D eigenvalue weighted by atomic mass is 15.2. The van der Waals surface area contributed by atoms with E-state index in [2.05, 4.69) is 36.9 Å². The van der Waals surface area contributed by atoms with Crippen molar-refractivity contribution >= 4 is 0 Å². The van der Waals surface area contributed by atoms with Crippen LogP contribution in [-0.4, -0.2) is 24.5 Å². The first-order chi connectivity index (χ1) is 8.74. The second-order valence-corrected chi connectivity index (χ2v) is 5.51. The van der Waals surface area contributed by atoms with Crippen molar-refractivity contribution in [3.05, 3.63) is 34.9 Å². The molecular formula is C16H26N2. The molecular weight excluding hydrogens is 220 g/mol. The molecule has 1 aromatic carbocycles. The van der Waals surface area contributed by atoms with Gasteiger partial charge < -0.3 is 5.73 Å². The SMILES string of the molecule is Cc1cccc(C)c1C(CN)N1CCCCCC1. The number of benzene rings is 1. The van der Waals surface area contributed by atoms with E-state index in [0.717, 1.165) is 6.54 Å². The van der Waals surface area contributed by atoms with E-state index >= 15 is 0 Å². The first-order valence-electron chi connectivity index (χ1n) is 7.24. The number of nitrogens with two attached hydrogens (primary N) is 1. The normalized spacial score (nSPS) is 19.5.